The van der Waals surface area contributed by atoms with Crippen molar-refractivity contribution in [2.75, 3.05) is 45.4 Å². The fourth-order valence-corrected chi connectivity index (χ4v) is 6.95. The van der Waals surface area contributed by atoms with E-state index < -0.39 is 27.5 Å². The number of carbonyl (C=O) groups excluding carboxylic acids is 1. The summed E-state index contributed by atoms with van der Waals surface area (Å²) in [5, 5.41) is 18.5. The molecule has 2 aliphatic heterocycles. The van der Waals surface area contributed by atoms with E-state index in [1.54, 1.807) is 16.6 Å². The Labute approximate surface area is 220 Å². The first kappa shape index (κ1) is 25.3. The molecule has 2 aromatic heterocycles. The van der Waals surface area contributed by atoms with E-state index in [9.17, 15) is 22.0 Å². The van der Waals surface area contributed by atoms with E-state index in [4.69, 9.17) is 14.6 Å². The fourth-order valence-electron chi connectivity index (χ4n) is 5.46. The van der Waals surface area contributed by atoms with Gasteiger partial charge in [-0.05, 0) is 25.5 Å². The van der Waals surface area contributed by atoms with Crippen LogP contribution in [0.5, 0.6) is 5.88 Å². The van der Waals surface area contributed by atoms with Gasteiger partial charge in [0.1, 0.15) is 17.2 Å². The summed E-state index contributed by atoms with van der Waals surface area (Å²) >= 11 is 0.855. The van der Waals surface area contributed by atoms with Crippen LogP contribution in [-0.2, 0) is 25.1 Å². The van der Waals surface area contributed by atoms with Crippen LogP contribution in [0.25, 0.3) is 10.9 Å². The lowest BCUT2D eigenvalue weighted by Gasteiger charge is -2.57. The number of rotatable bonds is 6. The summed E-state index contributed by atoms with van der Waals surface area (Å²) in [6, 6.07) is 2.93. The predicted octanol–water partition coefficient (Wildman–Crippen LogP) is 1.43. The number of hydrogen-bond acceptors (Lipinski definition) is 10. The van der Waals surface area contributed by atoms with Gasteiger partial charge in [-0.1, -0.05) is 11.3 Å². The Morgan fingerprint density at radius 1 is 1.29 bits per heavy atom. The minimum atomic E-state index is -4.10. The summed E-state index contributed by atoms with van der Waals surface area (Å²) in [5.74, 6) is -0.0871. The number of carbonyl (C=O) groups is 1. The van der Waals surface area contributed by atoms with E-state index in [-0.39, 0.29) is 34.2 Å². The summed E-state index contributed by atoms with van der Waals surface area (Å²) in [6.07, 6.45) is -2.17. The van der Waals surface area contributed by atoms with Gasteiger partial charge in [0.2, 0.25) is 21.8 Å². The molecule has 38 heavy (non-hydrogen) atoms. The number of hydrogen-bond donors (Lipinski definition) is 1. The normalized spacial score (nSPS) is 24.9. The largest absolute Gasteiger partial charge is 0.479 e. The highest BCUT2D eigenvalue weighted by atomic mass is 32.2. The first-order valence-corrected chi connectivity index (χ1v) is 14.1. The summed E-state index contributed by atoms with van der Waals surface area (Å²) < 4.78 is 64.0. The molecule has 2 saturated heterocycles. The van der Waals surface area contributed by atoms with Gasteiger partial charge in [-0.15, -0.1) is 15.3 Å². The van der Waals surface area contributed by atoms with Crippen molar-refractivity contribution in [1.82, 2.24) is 24.9 Å². The zero-order valence-corrected chi connectivity index (χ0v) is 22.4. The van der Waals surface area contributed by atoms with Crippen LogP contribution in [-0.4, -0.2) is 85.2 Å². The number of ether oxygens (including phenoxy) is 2. The smallest absolute Gasteiger partial charge is 0.291 e. The molecule has 3 aromatic rings. The second-order valence-electron chi connectivity index (χ2n) is 10.2. The minimum Gasteiger partial charge on any atom is -0.479 e. The number of sulfonamides is 1. The van der Waals surface area contributed by atoms with Gasteiger partial charge in [0, 0.05) is 26.1 Å². The second-order valence-corrected chi connectivity index (χ2v) is 12.8. The SMILES string of the molecule is COc1nn(C2(C)CC2c2nnc(C(F)F)s2)c2cc(S(N)(=O)=O)cc(N3CC4(COCC(=O)N4C)C3)c12. The van der Waals surface area contributed by atoms with Crippen LogP contribution < -0.4 is 14.8 Å². The number of morpholine rings is 1. The van der Waals surface area contributed by atoms with E-state index >= 15 is 0 Å². The number of halogens is 2. The zero-order valence-electron chi connectivity index (χ0n) is 20.7. The van der Waals surface area contributed by atoms with Crippen LogP contribution in [0.2, 0.25) is 0 Å². The van der Waals surface area contributed by atoms with Gasteiger partial charge in [0.05, 0.1) is 40.7 Å². The Morgan fingerprint density at radius 3 is 2.66 bits per heavy atom. The lowest BCUT2D eigenvalue weighted by molar-refractivity contribution is -0.157. The van der Waals surface area contributed by atoms with Crippen molar-refractivity contribution >= 4 is 43.9 Å². The number of alkyl halides is 2. The Hall–Kier alpha value is -2.95. The Kier molecular flexibility index (Phi) is 5.52. The van der Waals surface area contributed by atoms with Crippen LogP contribution in [0.15, 0.2) is 17.0 Å². The summed E-state index contributed by atoms with van der Waals surface area (Å²) in [6.45, 7) is 3.11. The van der Waals surface area contributed by atoms with E-state index in [2.05, 4.69) is 15.3 Å². The van der Waals surface area contributed by atoms with Crippen LogP contribution in [0.3, 0.4) is 0 Å². The van der Waals surface area contributed by atoms with Crippen molar-refractivity contribution in [2.24, 2.45) is 5.14 Å². The molecule has 1 aliphatic carbocycles. The van der Waals surface area contributed by atoms with Crippen LogP contribution in [0, 0.1) is 0 Å². The summed E-state index contributed by atoms with van der Waals surface area (Å²) in [4.78, 5) is 15.8. The quantitative estimate of drug-likeness (QED) is 0.466. The minimum absolute atomic E-state index is 0.0250. The Morgan fingerprint density at radius 2 is 2.03 bits per heavy atom. The summed E-state index contributed by atoms with van der Waals surface area (Å²) in [7, 11) is -0.899. The highest BCUT2D eigenvalue weighted by Gasteiger charge is 2.57. The molecule has 2 atom stereocenters. The number of fused-ring (bicyclic) bond motifs is 1. The molecule has 3 aliphatic rings. The summed E-state index contributed by atoms with van der Waals surface area (Å²) in [5.41, 5.74) is -0.195. The third kappa shape index (κ3) is 3.68. The van der Waals surface area contributed by atoms with Crippen molar-refractivity contribution in [1.29, 1.82) is 0 Å². The number of anilines is 1. The lowest BCUT2D eigenvalue weighted by Crippen LogP contribution is -2.75. The van der Waals surface area contributed by atoms with Gasteiger partial charge in [-0.2, -0.15) is 0 Å². The maximum atomic E-state index is 13.1. The molecule has 0 bridgehead atoms. The van der Waals surface area contributed by atoms with Crippen LogP contribution in [0.1, 0.15) is 35.7 Å². The zero-order chi connectivity index (χ0) is 27.2. The third-order valence-electron chi connectivity index (χ3n) is 7.85. The van der Waals surface area contributed by atoms with Gasteiger partial charge < -0.3 is 19.3 Å². The molecule has 3 fully saturated rings. The number of aromatic nitrogens is 4. The van der Waals surface area contributed by atoms with Gasteiger partial charge in [0.25, 0.3) is 6.43 Å². The molecule has 4 heterocycles. The number of nitrogens with two attached hydrogens (primary N) is 1. The van der Waals surface area contributed by atoms with Gasteiger partial charge >= 0.3 is 0 Å². The molecule has 1 aromatic carbocycles. The van der Waals surface area contributed by atoms with E-state index in [1.165, 1.54) is 19.2 Å². The number of likely N-dealkylation sites (N-methyl/N-ethyl adjacent to an activating group) is 1. The average molecular weight is 570 g/mol. The molecule has 6 rings (SSSR count). The van der Waals surface area contributed by atoms with Crippen molar-refractivity contribution in [2.45, 2.75) is 41.7 Å². The van der Waals surface area contributed by atoms with Crippen molar-refractivity contribution in [3.8, 4) is 5.88 Å². The first-order chi connectivity index (χ1) is 17.9. The standard InChI is InChI=1S/C22H25F2N7O5S2/c1-21(6-12(21)19-26-27-20(37-19)17(23)24)31-14-5-11(38(25,33)34)4-13(16(14)18(28-31)35-3)30-8-22(9-30)10-36-7-15(32)29(22)2/h4-5,12,17H,6-10H2,1-3H3,(H2,25,33,34). The molecular formula is C22H25F2N7O5S2. The van der Waals surface area contributed by atoms with Crippen molar-refractivity contribution < 1.29 is 31.5 Å². The number of amides is 1. The number of primary sulfonamides is 1. The maximum absolute atomic E-state index is 13.1. The Bertz CT molecular complexity index is 1570. The molecule has 204 valence electrons. The topological polar surface area (TPSA) is 146 Å². The lowest BCUT2D eigenvalue weighted by atomic mass is 9.87. The van der Waals surface area contributed by atoms with Gasteiger partial charge in [-0.3, -0.25) is 9.48 Å². The van der Waals surface area contributed by atoms with E-state index in [0.29, 0.717) is 47.7 Å². The van der Waals surface area contributed by atoms with Crippen LogP contribution >= 0.6 is 11.3 Å². The molecule has 1 saturated carbocycles. The highest BCUT2D eigenvalue weighted by Crippen LogP contribution is 2.59. The molecule has 1 spiro atoms. The molecule has 1 amide bonds. The molecule has 2 unspecified atom stereocenters. The first-order valence-electron chi connectivity index (χ1n) is 11.7. The molecule has 0 radical (unpaired) electrons. The monoisotopic (exact) mass is 569 g/mol. The molecule has 2 N–H and O–H groups in total. The molecule has 16 heteroatoms. The Balaban J connectivity index is 1.44. The number of nitrogens with zero attached hydrogens (tertiary/aromatic N) is 6. The fraction of sp³-hybridized carbons (Fsp3) is 0.545. The maximum Gasteiger partial charge on any atom is 0.291 e. The molecule has 12 nitrogen and oxygen atoms in total. The number of methoxy groups -OCH3 is 1. The predicted molar refractivity (Wildman–Crippen MR) is 132 cm³/mol. The van der Waals surface area contributed by atoms with Crippen LogP contribution in [0.4, 0.5) is 14.5 Å². The van der Waals surface area contributed by atoms with Crippen molar-refractivity contribution in [3.05, 3.63) is 22.1 Å². The van der Waals surface area contributed by atoms with Crippen molar-refractivity contribution in [3.63, 3.8) is 0 Å². The second kappa shape index (κ2) is 8.27. The average Bonchev–Trinajstić information content (AvgIpc) is 3.19. The highest BCUT2D eigenvalue weighted by molar-refractivity contribution is 7.89. The van der Waals surface area contributed by atoms with E-state index in [0.717, 1.165) is 11.3 Å². The third-order valence-corrected chi connectivity index (χ3v) is 9.79. The molecular weight excluding hydrogens is 544 g/mol. The van der Waals surface area contributed by atoms with E-state index in [1.807, 2.05) is 11.8 Å². The number of benzene rings is 1. The van der Waals surface area contributed by atoms with Gasteiger partial charge in [0.15, 0.2) is 5.01 Å². The van der Waals surface area contributed by atoms with Gasteiger partial charge in [-0.25, -0.2) is 22.3 Å².